The van der Waals surface area contributed by atoms with Crippen molar-refractivity contribution >= 4 is 5.90 Å². The van der Waals surface area contributed by atoms with Crippen molar-refractivity contribution in [2.24, 2.45) is 4.99 Å². The van der Waals surface area contributed by atoms with E-state index in [0.29, 0.717) is 24.6 Å². The Morgan fingerprint density at radius 1 is 1.00 bits per heavy atom. The number of hydrogen-bond donors (Lipinski definition) is 0. The highest BCUT2D eigenvalue weighted by atomic mass is 19.4. The van der Waals surface area contributed by atoms with Crippen molar-refractivity contribution in [2.45, 2.75) is 18.8 Å². The number of aromatic nitrogens is 1. The Morgan fingerprint density at radius 3 is 2.59 bits per heavy atom. The fourth-order valence-corrected chi connectivity index (χ4v) is 3.15. The normalized spacial score (nSPS) is 16.9. The van der Waals surface area contributed by atoms with Crippen LogP contribution >= 0.6 is 0 Å². The Kier molecular flexibility index (Phi) is 4.48. The van der Waals surface area contributed by atoms with Crippen LogP contribution in [0.3, 0.4) is 0 Å². The van der Waals surface area contributed by atoms with Crippen LogP contribution in [0.4, 0.5) is 13.2 Å². The summed E-state index contributed by atoms with van der Waals surface area (Å²) in [6.07, 6.45) is -2.53. The minimum Gasteiger partial charge on any atom is -0.474 e. The molecule has 0 amide bonds. The first-order valence-corrected chi connectivity index (χ1v) is 8.58. The summed E-state index contributed by atoms with van der Waals surface area (Å²) in [5, 5.41) is 0. The molecule has 1 unspecified atom stereocenters. The van der Waals surface area contributed by atoms with Crippen molar-refractivity contribution in [3.8, 4) is 0 Å². The van der Waals surface area contributed by atoms with E-state index in [1.165, 1.54) is 12.1 Å². The molecule has 1 aliphatic rings. The van der Waals surface area contributed by atoms with Gasteiger partial charge in [0.15, 0.2) is 0 Å². The SMILES string of the molecule is FC(F)(F)c1cccc(Cn2cccc2C2=NC(c3ccccc3)CO2)c1. The first kappa shape index (κ1) is 17.4. The molecule has 0 radical (unpaired) electrons. The molecule has 0 spiro atoms. The number of nitrogens with zero attached hydrogens (tertiary/aromatic N) is 2. The maximum absolute atomic E-state index is 12.9. The van der Waals surface area contributed by atoms with Gasteiger partial charge < -0.3 is 9.30 Å². The van der Waals surface area contributed by atoms with E-state index in [-0.39, 0.29) is 6.04 Å². The van der Waals surface area contributed by atoms with E-state index in [9.17, 15) is 13.2 Å². The number of aliphatic imine (C=N–C) groups is 1. The smallest absolute Gasteiger partial charge is 0.416 e. The number of benzene rings is 2. The highest BCUT2D eigenvalue weighted by molar-refractivity contribution is 5.93. The Balaban J connectivity index is 1.57. The molecule has 0 saturated carbocycles. The summed E-state index contributed by atoms with van der Waals surface area (Å²) in [4.78, 5) is 4.65. The van der Waals surface area contributed by atoms with E-state index in [1.54, 1.807) is 6.07 Å². The molecule has 2 heterocycles. The Hall–Kier alpha value is -3.02. The average molecular weight is 370 g/mol. The molecular formula is C21H17F3N2O. The fourth-order valence-electron chi connectivity index (χ4n) is 3.15. The second-order valence-corrected chi connectivity index (χ2v) is 6.39. The summed E-state index contributed by atoms with van der Waals surface area (Å²) in [5.74, 6) is 0.515. The zero-order valence-corrected chi connectivity index (χ0v) is 14.4. The number of halogens is 3. The predicted octanol–water partition coefficient (Wildman–Crippen LogP) is 5.07. The van der Waals surface area contributed by atoms with Crippen LogP contribution in [0.25, 0.3) is 0 Å². The van der Waals surface area contributed by atoms with Gasteiger partial charge in [0, 0.05) is 12.7 Å². The average Bonchev–Trinajstić information content (AvgIpc) is 3.31. The number of rotatable bonds is 4. The topological polar surface area (TPSA) is 26.5 Å². The molecule has 0 N–H and O–H groups in total. The lowest BCUT2D eigenvalue weighted by Crippen LogP contribution is -2.11. The molecule has 27 heavy (non-hydrogen) atoms. The molecule has 3 nitrogen and oxygen atoms in total. The van der Waals surface area contributed by atoms with Crippen molar-refractivity contribution in [1.29, 1.82) is 0 Å². The summed E-state index contributed by atoms with van der Waals surface area (Å²) in [7, 11) is 0. The van der Waals surface area contributed by atoms with Gasteiger partial charge in [-0.05, 0) is 35.4 Å². The lowest BCUT2D eigenvalue weighted by molar-refractivity contribution is -0.137. The molecule has 0 fully saturated rings. The van der Waals surface area contributed by atoms with Crippen LogP contribution in [0.5, 0.6) is 0 Å². The highest BCUT2D eigenvalue weighted by Crippen LogP contribution is 2.30. The van der Waals surface area contributed by atoms with Crippen molar-refractivity contribution in [3.63, 3.8) is 0 Å². The summed E-state index contributed by atoms with van der Waals surface area (Å²) in [6.45, 7) is 0.763. The van der Waals surface area contributed by atoms with Crippen molar-refractivity contribution in [3.05, 3.63) is 95.3 Å². The zero-order valence-electron chi connectivity index (χ0n) is 14.4. The highest BCUT2D eigenvalue weighted by Gasteiger charge is 2.30. The van der Waals surface area contributed by atoms with Crippen LogP contribution < -0.4 is 0 Å². The summed E-state index contributed by atoms with van der Waals surface area (Å²) < 4.78 is 46.4. The second-order valence-electron chi connectivity index (χ2n) is 6.39. The molecule has 3 aromatic rings. The second kappa shape index (κ2) is 6.95. The Morgan fingerprint density at radius 2 is 1.81 bits per heavy atom. The van der Waals surface area contributed by atoms with E-state index in [1.807, 2.05) is 53.2 Å². The van der Waals surface area contributed by atoms with E-state index in [4.69, 9.17) is 4.74 Å². The van der Waals surface area contributed by atoms with Gasteiger partial charge in [-0.2, -0.15) is 13.2 Å². The van der Waals surface area contributed by atoms with Crippen LogP contribution in [-0.2, 0) is 17.5 Å². The standard InChI is InChI=1S/C21H17F3N2O/c22-21(23,24)17-9-4-6-15(12-17)13-26-11-5-10-19(26)20-25-18(14-27-20)16-7-2-1-3-8-16/h1-12,18H,13-14H2. The number of alkyl halides is 3. The Labute approximate surface area is 154 Å². The van der Waals surface area contributed by atoms with Crippen molar-refractivity contribution < 1.29 is 17.9 Å². The molecule has 4 rings (SSSR count). The van der Waals surface area contributed by atoms with Gasteiger partial charge in [0.25, 0.3) is 0 Å². The molecule has 1 aromatic heterocycles. The minimum absolute atomic E-state index is 0.0712. The molecule has 138 valence electrons. The molecule has 6 heteroatoms. The molecular weight excluding hydrogens is 353 g/mol. The van der Waals surface area contributed by atoms with E-state index >= 15 is 0 Å². The maximum Gasteiger partial charge on any atom is 0.416 e. The zero-order chi connectivity index (χ0) is 18.9. The van der Waals surface area contributed by atoms with Gasteiger partial charge in [0.2, 0.25) is 5.90 Å². The lowest BCUT2D eigenvalue weighted by atomic mass is 10.1. The van der Waals surface area contributed by atoms with E-state index in [0.717, 1.165) is 17.3 Å². The third-order valence-corrected chi connectivity index (χ3v) is 4.49. The molecule has 0 bridgehead atoms. The van der Waals surface area contributed by atoms with E-state index in [2.05, 4.69) is 4.99 Å². The first-order valence-electron chi connectivity index (χ1n) is 8.58. The monoisotopic (exact) mass is 370 g/mol. The quantitative estimate of drug-likeness (QED) is 0.630. The van der Waals surface area contributed by atoms with Gasteiger partial charge in [0.1, 0.15) is 18.3 Å². The molecule has 1 atom stereocenters. The van der Waals surface area contributed by atoms with Crippen molar-refractivity contribution in [2.75, 3.05) is 6.61 Å². The van der Waals surface area contributed by atoms with Gasteiger partial charge in [0.05, 0.1) is 5.56 Å². The van der Waals surface area contributed by atoms with Gasteiger partial charge >= 0.3 is 6.18 Å². The van der Waals surface area contributed by atoms with E-state index < -0.39 is 11.7 Å². The van der Waals surface area contributed by atoms with Gasteiger partial charge in [-0.15, -0.1) is 0 Å². The van der Waals surface area contributed by atoms with Gasteiger partial charge in [-0.25, -0.2) is 4.99 Å². The minimum atomic E-state index is -4.35. The van der Waals surface area contributed by atoms with Crippen LogP contribution in [-0.4, -0.2) is 17.1 Å². The lowest BCUT2D eigenvalue weighted by Gasteiger charge is -2.11. The molecule has 0 saturated heterocycles. The number of hydrogen-bond acceptors (Lipinski definition) is 2. The summed E-state index contributed by atoms with van der Waals surface area (Å²) in [6, 6.07) is 18.9. The van der Waals surface area contributed by atoms with Crippen LogP contribution in [0, 0.1) is 0 Å². The first-order chi connectivity index (χ1) is 13.0. The Bertz CT molecular complexity index is 961. The summed E-state index contributed by atoms with van der Waals surface area (Å²) in [5.41, 5.74) is 1.75. The van der Waals surface area contributed by atoms with Gasteiger partial charge in [-0.3, -0.25) is 0 Å². The molecule has 1 aliphatic heterocycles. The number of ether oxygens (including phenoxy) is 1. The van der Waals surface area contributed by atoms with Crippen LogP contribution in [0.2, 0.25) is 0 Å². The third-order valence-electron chi connectivity index (χ3n) is 4.49. The van der Waals surface area contributed by atoms with Crippen molar-refractivity contribution in [1.82, 2.24) is 4.57 Å². The van der Waals surface area contributed by atoms with Crippen LogP contribution in [0.1, 0.15) is 28.4 Å². The fraction of sp³-hybridized carbons (Fsp3) is 0.190. The third kappa shape index (κ3) is 3.74. The predicted molar refractivity (Wildman–Crippen MR) is 96.7 cm³/mol. The maximum atomic E-state index is 12.9. The largest absolute Gasteiger partial charge is 0.474 e. The van der Waals surface area contributed by atoms with Gasteiger partial charge in [-0.1, -0.05) is 42.5 Å². The van der Waals surface area contributed by atoms with Crippen LogP contribution in [0.15, 0.2) is 77.9 Å². The molecule has 0 aliphatic carbocycles. The summed E-state index contributed by atoms with van der Waals surface area (Å²) >= 11 is 0. The molecule has 2 aromatic carbocycles.